The van der Waals surface area contributed by atoms with Gasteiger partial charge >= 0.3 is 0 Å². The van der Waals surface area contributed by atoms with E-state index in [0.29, 0.717) is 0 Å². The van der Waals surface area contributed by atoms with E-state index >= 15 is 0 Å². The number of hydrogen-bond acceptors (Lipinski definition) is 2. The lowest BCUT2D eigenvalue weighted by Gasteiger charge is -2.41. The zero-order chi connectivity index (χ0) is 11.9. The molecule has 0 rings (SSSR count). The van der Waals surface area contributed by atoms with Crippen molar-refractivity contribution in [1.29, 1.82) is 0 Å². The molecule has 0 radical (unpaired) electrons. The van der Waals surface area contributed by atoms with Crippen molar-refractivity contribution in [2.75, 3.05) is 13.1 Å². The molecule has 0 spiro atoms. The van der Waals surface area contributed by atoms with E-state index < -0.39 is 0 Å². The molecule has 0 aliphatic carbocycles. The van der Waals surface area contributed by atoms with Crippen LogP contribution in [0.3, 0.4) is 0 Å². The largest absolute Gasteiger partial charge is 0.391 e. The van der Waals surface area contributed by atoms with Gasteiger partial charge in [-0.2, -0.15) is 0 Å². The van der Waals surface area contributed by atoms with E-state index in [4.69, 9.17) is 6.42 Å². The summed E-state index contributed by atoms with van der Waals surface area (Å²) in [6.45, 7) is 10.4. The van der Waals surface area contributed by atoms with Crippen LogP contribution in [0.2, 0.25) is 0 Å². The molecule has 0 amide bonds. The van der Waals surface area contributed by atoms with E-state index in [1.807, 2.05) is 0 Å². The number of likely N-dealkylation sites (N-methyl/N-ethyl adjacent to an activating group) is 1. The quantitative estimate of drug-likeness (QED) is 0.516. The van der Waals surface area contributed by atoms with Gasteiger partial charge in [0.25, 0.3) is 0 Å². The Hall–Kier alpha value is -0.520. The molecule has 0 aliphatic heterocycles. The first-order valence-corrected chi connectivity index (χ1v) is 5.87. The summed E-state index contributed by atoms with van der Waals surface area (Å²) in [4.78, 5) is 2.29. The van der Waals surface area contributed by atoms with E-state index in [9.17, 15) is 5.11 Å². The molecule has 0 bridgehead atoms. The van der Waals surface area contributed by atoms with Crippen molar-refractivity contribution < 1.29 is 5.11 Å². The molecule has 0 aliphatic rings. The molecule has 0 aromatic carbocycles. The van der Waals surface area contributed by atoms with Gasteiger partial charge in [-0.15, -0.1) is 12.3 Å². The minimum Gasteiger partial charge on any atom is -0.391 e. The Balaban J connectivity index is 4.24. The van der Waals surface area contributed by atoms with Gasteiger partial charge in [-0.3, -0.25) is 4.90 Å². The highest BCUT2D eigenvalue weighted by molar-refractivity contribution is 4.89. The van der Waals surface area contributed by atoms with Crippen molar-refractivity contribution in [2.45, 2.75) is 58.6 Å². The van der Waals surface area contributed by atoms with Crippen molar-refractivity contribution >= 4 is 0 Å². The van der Waals surface area contributed by atoms with Gasteiger partial charge in [0.1, 0.15) is 0 Å². The summed E-state index contributed by atoms with van der Waals surface area (Å²) in [6.07, 6.45) is 7.34. The summed E-state index contributed by atoms with van der Waals surface area (Å²) in [5, 5.41) is 10.1. The average molecular weight is 211 g/mol. The Morgan fingerprint density at radius 2 is 1.87 bits per heavy atom. The number of nitrogens with zero attached hydrogens (tertiary/aromatic N) is 1. The maximum Gasteiger partial charge on any atom is 0.0718 e. The summed E-state index contributed by atoms with van der Waals surface area (Å²) in [5.74, 6) is 2.61. The smallest absolute Gasteiger partial charge is 0.0718 e. The Morgan fingerprint density at radius 3 is 2.27 bits per heavy atom. The molecule has 1 unspecified atom stereocenters. The van der Waals surface area contributed by atoms with Gasteiger partial charge in [0.05, 0.1) is 6.10 Å². The summed E-state index contributed by atoms with van der Waals surface area (Å²) in [7, 11) is 0. The number of terminal acetylenes is 1. The summed E-state index contributed by atoms with van der Waals surface area (Å²) >= 11 is 0. The van der Waals surface area contributed by atoms with E-state index in [2.05, 4.69) is 38.5 Å². The maximum absolute atomic E-state index is 10.1. The fraction of sp³-hybridized carbons (Fsp3) is 0.846. The van der Waals surface area contributed by atoms with E-state index in [1.54, 1.807) is 0 Å². The predicted octanol–water partition coefficient (Wildman–Crippen LogP) is 2.27. The average Bonchev–Trinajstić information content (AvgIpc) is 2.19. The van der Waals surface area contributed by atoms with Crippen molar-refractivity contribution in [2.24, 2.45) is 0 Å². The third-order valence-electron chi connectivity index (χ3n) is 3.19. The lowest BCUT2D eigenvalue weighted by molar-refractivity contribution is -0.00985. The lowest BCUT2D eigenvalue weighted by Crippen LogP contribution is -2.52. The molecule has 2 nitrogen and oxygen atoms in total. The van der Waals surface area contributed by atoms with Crippen molar-refractivity contribution in [1.82, 2.24) is 4.90 Å². The molecular weight excluding hydrogens is 186 g/mol. The highest BCUT2D eigenvalue weighted by Gasteiger charge is 2.31. The molecule has 1 atom stereocenters. The second kappa shape index (κ2) is 6.87. The number of rotatable bonds is 7. The standard InChI is InChI=1S/C13H25NO/c1-6-9-10-11-12(15)13(4,5)14(7-2)8-3/h1,12,15H,7-11H2,2-5H3. The zero-order valence-electron chi connectivity index (χ0n) is 10.6. The van der Waals surface area contributed by atoms with Crippen LogP contribution in [0.5, 0.6) is 0 Å². The molecule has 0 saturated carbocycles. The van der Waals surface area contributed by atoms with Gasteiger partial charge in [-0.25, -0.2) is 0 Å². The Labute approximate surface area is 94.7 Å². The van der Waals surface area contributed by atoms with Crippen LogP contribution in [0.25, 0.3) is 0 Å². The molecule has 0 heterocycles. The molecule has 15 heavy (non-hydrogen) atoms. The van der Waals surface area contributed by atoms with Crippen molar-refractivity contribution in [3.05, 3.63) is 0 Å². The Morgan fingerprint density at radius 1 is 1.33 bits per heavy atom. The minimum absolute atomic E-state index is 0.155. The molecule has 0 aromatic rings. The fourth-order valence-corrected chi connectivity index (χ4v) is 2.00. The van der Waals surface area contributed by atoms with Crippen LogP contribution in [-0.2, 0) is 0 Å². The second-order valence-electron chi connectivity index (χ2n) is 4.44. The second-order valence-corrected chi connectivity index (χ2v) is 4.44. The first-order valence-electron chi connectivity index (χ1n) is 5.87. The van der Waals surface area contributed by atoms with Crippen LogP contribution in [0.15, 0.2) is 0 Å². The van der Waals surface area contributed by atoms with Crippen LogP contribution in [0.4, 0.5) is 0 Å². The van der Waals surface area contributed by atoms with Gasteiger partial charge in [-0.1, -0.05) is 13.8 Å². The van der Waals surface area contributed by atoms with Crippen LogP contribution in [-0.4, -0.2) is 34.7 Å². The summed E-state index contributed by atoms with van der Waals surface area (Å²) in [5.41, 5.74) is -0.155. The van der Waals surface area contributed by atoms with Crippen molar-refractivity contribution in [3.8, 4) is 12.3 Å². The van der Waals surface area contributed by atoms with E-state index in [1.165, 1.54) is 0 Å². The Kier molecular flexibility index (Phi) is 6.63. The molecule has 0 aromatic heterocycles. The highest BCUT2D eigenvalue weighted by atomic mass is 16.3. The van der Waals surface area contributed by atoms with Gasteiger partial charge in [0, 0.05) is 12.0 Å². The van der Waals surface area contributed by atoms with E-state index in [0.717, 1.165) is 32.4 Å². The van der Waals surface area contributed by atoms with Gasteiger partial charge in [0.2, 0.25) is 0 Å². The Bertz CT molecular complexity index is 201. The predicted molar refractivity (Wildman–Crippen MR) is 65.7 cm³/mol. The first kappa shape index (κ1) is 14.5. The minimum atomic E-state index is -0.300. The van der Waals surface area contributed by atoms with E-state index in [-0.39, 0.29) is 11.6 Å². The highest BCUT2D eigenvalue weighted by Crippen LogP contribution is 2.22. The number of aliphatic hydroxyl groups is 1. The summed E-state index contributed by atoms with van der Waals surface area (Å²) in [6, 6.07) is 0. The number of unbranched alkanes of at least 4 members (excludes halogenated alkanes) is 1. The maximum atomic E-state index is 10.1. The third-order valence-corrected chi connectivity index (χ3v) is 3.19. The normalized spacial score (nSPS) is 13.9. The molecule has 0 fully saturated rings. The zero-order valence-corrected chi connectivity index (χ0v) is 10.6. The van der Waals surface area contributed by atoms with Crippen LogP contribution in [0, 0.1) is 12.3 Å². The van der Waals surface area contributed by atoms with Crippen LogP contribution < -0.4 is 0 Å². The van der Waals surface area contributed by atoms with Crippen LogP contribution >= 0.6 is 0 Å². The monoisotopic (exact) mass is 211 g/mol. The molecule has 2 heteroatoms. The van der Waals surface area contributed by atoms with Gasteiger partial charge in [0.15, 0.2) is 0 Å². The lowest BCUT2D eigenvalue weighted by atomic mass is 9.91. The van der Waals surface area contributed by atoms with Crippen LogP contribution in [0.1, 0.15) is 47.0 Å². The van der Waals surface area contributed by atoms with Gasteiger partial charge in [-0.05, 0) is 39.8 Å². The fourth-order valence-electron chi connectivity index (χ4n) is 2.00. The molecule has 88 valence electrons. The topological polar surface area (TPSA) is 23.5 Å². The molecule has 1 N–H and O–H groups in total. The van der Waals surface area contributed by atoms with Gasteiger partial charge < -0.3 is 5.11 Å². The summed E-state index contributed by atoms with van der Waals surface area (Å²) < 4.78 is 0. The number of aliphatic hydroxyl groups excluding tert-OH is 1. The number of hydrogen-bond donors (Lipinski definition) is 1. The SMILES string of the molecule is C#CCCCC(O)C(C)(C)N(CC)CC. The molecular formula is C13H25NO. The van der Waals surface area contributed by atoms with Crippen molar-refractivity contribution in [3.63, 3.8) is 0 Å². The molecule has 0 saturated heterocycles. The first-order chi connectivity index (χ1) is 7.00. The third kappa shape index (κ3) is 4.24.